The number of rotatable bonds is 4. The first-order valence-corrected chi connectivity index (χ1v) is 12.5. The van der Waals surface area contributed by atoms with E-state index in [-0.39, 0.29) is 11.9 Å². The van der Waals surface area contributed by atoms with Crippen LogP contribution in [0.1, 0.15) is 28.8 Å². The zero-order valence-electron chi connectivity index (χ0n) is 18.8. The molecule has 0 aliphatic carbocycles. The molecule has 1 aromatic heterocycles. The van der Waals surface area contributed by atoms with Crippen molar-refractivity contribution in [2.45, 2.75) is 17.3 Å². The number of halogens is 2. The molecule has 2 aliphatic heterocycles. The third kappa shape index (κ3) is 3.73. The molecule has 0 saturated carbocycles. The maximum atomic E-state index is 13.9. The van der Waals surface area contributed by atoms with E-state index in [1.807, 2.05) is 53.4 Å². The quantitative estimate of drug-likeness (QED) is 0.325. The minimum atomic E-state index is -0.442. The topological polar surface area (TPSA) is 61.2 Å². The number of ether oxygens (including phenoxy) is 2. The van der Waals surface area contributed by atoms with Crippen LogP contribution in [0, 0.1) is 5.82 Å². The summed E-state index contributed by atoms with van der Waals surface area (Å²) in [5.74, 6) is 1.76. The Hall–Kier alpha value is -3.49. The van der Waals surface area contributed by atoms with Crippen molar-refractivity contribution < 1.29 is 13.9 Å². The van der Waals surface area contributed by atoms with Crippen LogP contribution in [0.4, 0.5) is 10.3 Å². The van der Waals surface area contributed by atoms with Crippen molar-refractivity contribution in [2.75, 3.05) is 18.7 Å². The highest BCUT2D eigenvalue weighted by molar-refractivity contribution is 7.98. The summed E-state index contributed by atoms with van der Waals surface area (Å²) < 4.78 is 27.7. The molecule has 35 heavy (non-hydrogen) atoms. The molecule has 4 aromatic rings. The lowest BCUT2D eigenvalue weighted by Crippen LogP contribution is -2.32. The molecule has 0 unspecified atom stereocenters. The summed E-state index contributed by atoms with van der Waals surface area (Å²) in [7, 11) is 1.64. The monoisotopic (exact) mass is 506 g/mol. The standard InChI is InChI=1S/C26H20ClFN4O2S/c1-33-18-10-5-15(6-11-18)24-21-22(19-13-16(27)7-12-20(19)34-24)29-25-30-26(35-2)31-32(25)23(21)14-3-8-17(28)9-4-14/h3-13,23-24H,1-2H3,(H,29,30,31)/t23-,24-/m0/s1. The molecule has 3 aromatic carbocycles. The summed E-state index contributed by atoms with van der Waals surface area (Å²) in [6.45, 7) is 0. The van der Waals surface area contributed by atoms with Gasteiger partial charge in [0.05, 0.1) is 12.8 Å². The van der Waals surface area contributed by atoms with Gasteiger partial charge in [0, 0.05) is 16.2 Å². The number of nitrogens with zero attached hydrogens (tertiary/aromatic N) is 3. The minimum Gasteiger partial charge on any atom is -0.497 e. The summed E-state index contributed by atoms with van der Waals surface area (Å²) >= 11 is 7.85. The van der Waals surface area contributed by atoms with Crippen LogP contribution in [0.15, 0.2) is 77.5 Å². The van der Waals surface area contributed by atoms with Crippen molar-refractivity contribution >= 4 is 35.0 Å². The zero-order valence-corrected chi connectivity index (χ0v) is 20.4. The number of benzene rings is 3. The molecule has 6 nitrogen and oxygen atoms in total. The van der Waals surface area contributed by atoms with E-state index >= 15 is 0 Å². The van der Waals surface area contributed by atoms with Crippen molar-refractivity contribution in [3.05, 3.63) is 99.8 Å². The highest BCUT2D eigenvalue weighted by atomic mass is 35.5. The molecular formula is C26H20ClFN4O2S. The largest absolute Gasteiger partial charge is 0.497 e. The van der Waals surface area contributed by atoms with Crippen molar-refractivity contribution in [2.24, 2.45) is 0 Å². The molecule has 0 saturated heterocycles. The van der Waals surface area contributed by atoms with Gasteiger partial charge in [-0.15, -0.1) is 5.10 Å². The number of hydrogen-bond acceptors (Lipinski definition) is 6. The van der Waals surface area contributed by atoms with Gasteiger partial charge in [-0.2, -0.15) is 4.98 Å². The van der Waals surface area contributed by atoms with E-state index in [9.17, 15) is 4.39 Å². The van der Waals surface area contributed by atoms with Crippen LogP contribution in [0.3, 0.4) is 0 Å². The van der Waals surface area contributed by atoms with E-state index in [1.165, 1.54) is 23.9 Å². The van der Waals surface area contributed by atoms with E-state index in [0.29, 0.717) is 21.9 Å². The van der Waals surface area contributed by atoms with E-state index in [0.717, 1.165) is 33.7 Å². The molecule has 0 amide bonds. The number of nitrogens with one attached hydrogen (secondary N) is 1. The summed E-state index contributed by atoms with van der Waals surface area (Å²) in [6.07, 6.45) is 1.49. The van der Waals surface area contributed by atoms with Gasteiger partial charge in [0.2, 0.25) is 11.1 Å². The van der Waals surface area contributed by atoms with Crippen LogP contribution in [-0.4, -0.2) is 28.1 Å². The first kappa shape index (κ1) is 22.0. The van der Waals surface area contributed by atoms with Gasteiger partial charge in [0.25, 0.3) is 0 Å². The van der Waals surface area contributed by atoms with Crippen LogP contribution >= 0.6 is 23.4 Å². The van der Waals surface area contributed by atoms with Crippen LogP contribution in [-0.2, 0) is 0 Å². The number of anilines is 1. The number of methoxy groups -OCH3 is 1. The average molecular weight is 507 g/mol. The van der Waals surface area contributed by atoms with Gasteiger partial charge in [-0.1, -0.05) is 47.6 Å². The van der Waals surface area contributed by atoms with E-state index < -0.39 is 6.10 Å². The fourth-order valence-corrected chi connectivity index (χ4v) is 5.11. The number of aromatic nitrogens is 3. The predicted octanol–water partition coefficient (Wildman–Crippen LogP) is 6.36. The van der Waals surface area contributed by atoms with Gasteiger partial charge in [-0.05, 0) is 59.8 Å². The third-order valence-electron chi connectivity index (χ3n) is 6.20. The van der Waals surface area contributed by atoms with E-state index in [1.54, 1.807) is 19.2 Å². The van der Waals surface area contributed by atoms with Gasteiger partial charge >= 0.3 is 0 Å². The molecule has 2 atom stereocenters. The number of hydrogen-bond donors (Lipinski definition) is 1. The van der Waals surface area contributed by atoms with Crippen molar-refractivity contribution in [3.8, 4) is 11.5 Å². The minimum absolute atomic E-state index is 0.302. The number of fused-ring (bicyclic) bond motifs is 3. The van der Waals surface area contributed by atoms with Gasteiger partial charge in [-0.3, -0.25) is 0 Å². The van der Waals surface area contributed by atoms with Gasteiger partial charge in [-0.25, -0.2) is 9.07 Å². The normalized spacial score (nSPS) is 18.2. The van der Waals surface area contributed by atoms with E-state index in [4.69, 9.17) is 26.2 Å². The molecule has 0 spiro atoms. The summed E-state index contributed by atoms with van der Waals surface area (Å²) in [4.78, 5) is 4.67. The highest BCUT2D eigenvalue weighted by Crippen LogP contribution is 2.51. The molecule has 1 N–H and O–H groups in total. The summed E-state index contributed by atoms with van der Waals surface area (Å²) in [6, 6.07) is 19.4. The van der Waals surface area contributed by atoms with Crippen molar-refractivity contribution in [1.82, 2.24) is 14.8 Å². The fraction of sp³-hybridized carbons (Fsp3) is 0.154. The SMILES string of the molecule is COc1ccc([C@@H]2Oc3ccc(Cl)cc3C3=C2[C@H](c2ccc(F)cc2)n2nc(SC)nc2N3)cc1. The zero-order chi connectivity index (χ0) is 24.1. The molecule has 0 radical (unpaired) electrons. The first-order valence-electron chi connectivity index (χ1n) is 10.9. The molecule has 2 aliphatic rings. The third-order valence-corrected chi connectivity index (χ3v) is 6.97. The smallest absolute Gasteiger partial charge is 0.227 e. The fourth-order valence-electron chi connectivity index (χ4n) is 4.59. The predicted molar refractivity (Wildman–Crippen MR) is 135 cm³/mol. The Kier molecular flexibility index (Phi) is 5.42. The van der Waals surface area contributed by atoms with E-state index in [2.05, 4.69) is 10.3 Å². The Balaban J connectivity index is 1.62. The van der Waals surface area contributed by atoms with Crippen LogP contribution in [0.25, 0.3) is 5.70 Å². The molecule has 3 heterocycles. The second kappa shape index (κ2) is 8.62. The molecule has 176 valence electrons. The molecule has 9 heteroatoms. The lowest BCUT2D eigenvalue weighted by atomic mass is 9.84. The maximum Gasteiger partial charge on any atom is 0.227 e. The molecule has 0 fully saturated rings. The van der Waals surface area contributed by atoms with Gasteiger partial charge < -0.3 is 14.8 Å². The first-order chi connectivity index (χ1) is 17.1. The Morgan fingerprint density at radius 3 is 2.51 bits per heavy atom. The highest BCUT2D eigenvalue weighted by Gasteiger charge is 2.41. The summed E-state index contributed by atoms with van der Waals surface area (Å²) in [5, 5.41) is 9.46. The molecule has 0 bridgehead atoms. The van der Waals surface area contributed by atoms with Crippen LogP contribution in [0.5, 0.6) is 11.5 Å². The Morgan fingerprint density at radius 2 is 1.80 bits per heavy atom. The lowest BCUT2D eigenvalue weighted by molar-refractivity contribution is 0.222. The molecular weight excluding hydrogens is 487 g/mol. The van der Waals surface area contributed by atoms with Crippen LogP contribution in [0.2, 0.25) is 5.02 Å². The summed E-state index contributed by atoms with van der Waals surface area (Å²) in [5.41, 5.74) is 4.44. The average Bonchev–Trinajstić information content (AvgIpc) is 3.31. The molecule has 6 rings (SSSR count). The Bertz CT molecular complexity index is 1450. The number of thioether (sulfide) groups is 1. The lowest BCUT2D eigenvalue weighted by Gasteiger charge is -2.39. The Labute approximate surface area is 210 Å². The van der Waals surface area contributed by atoms with Gasteiger partial charge in [0.1, 0.15) is 29.5 Å². The van der Waals surface area contributed by atoms with Crippen LogP contribution < -0.4 is 14.8 Å². The Morgan fingerprint density at radius 1 is 1.06 bits per heavy atom. The second-order valence-corrected chi connectivity index (χ2v) is 9.40. The maximum absolute atomic E-state index is 13.9. The van der Waals surface area contributed by atoms with Crippen molar-refractivity contribution in [1.29, 1.82) is 0 Å². The van der Waals surface area contributed by atoms with Gasteiger partial charge in [0.15, 0.2) is 0 Å². The second-order valence-electron chi connectivity index (χ2n) is 8.19. The van der Waals surface area contributed by atoms with Crippen molar-refractivity contribution in [3.63, 3.8) is 0 Å².